The van der Waals surface area contributed by atoms with Gasteiger partial charge in [-0.1, -0.05) is 12.8 Å². The molecule has 3 rings (SSSR count). The third kappa shape index (κ3) is 5.04. The Labute approximate surface area is 136 Å². The summed E-state index contributed by atoms with van der Waals surface area (Å²) >= 11 is 0. The summed E-state index contributed by atoms with van der Waals surface area (Å²) in [5.74, 6) is 0. The second-order valence-electron chi connectivity index (χ2n) is 6.24. The maximum absolute atomic E-state index is 10.4. The number of pyridine rings is 1. The normalized spacial score (nSPS) is 16.3. The van der Waals surface area contributed by atoms with Crippen LogP contribution in [0.2, 0.25) is 0 Å². The number of aromatic nitrogens is 2. The summed E-state index contributed by atoms with van der Waals surface area (Å²) in [5, 5.41) is 18.4. The number of nitrogens with zero attached hydrogens (tertiary/aromatic N) is 2. The molecule has 0 unspecified atom stereocenters. The van der Waals surface area contributed by atoms with E-state index >= 15 is 0 Å². The fourth-order valence-electron chi connectivity index (χ4n) is 3.10. The third-order valence-corrected chi connectivity index (χ3v) is 4.39. The predicted octanol–water partition coefficient (Wildman–Crippen LogP) is 2.39. The Morgan fingerprint density at radius 1 is 1.35 bits per heavy atom. The van der Waals surface area contributed by atoms with Crippen molar-refractivity contribution in [2.24, 2.45) is 0 Å². The molecule has 2 heterocycles. The number of nitrogens with one attached hydrogen (secondary N) is 1. The minimum Gasteiger partial charge on any atom is -0.483 e. The van der Waals surface area contributed by atoms with Gasteiger partial charge in [0, 0.05) is 24.7 Å². The Morgan fingerprint density at radius 2 is 2.04 bits per heavy atom. The van der Waals surface area contributed by atoms with Crippen molar-refractivity contribution in [3.8, 4) is 0 Å². The van der Waals surface area contributed by atoms with Crippen LogP contribution in [0.5, 0.6) is 0 Å². The summed E-state index contributed by atoms with van der Waals surface area (Å²) in [4.78, 5) is 18.4. The van der Waals surface area contributed by atoms with Gasteiger partial charge in [-0.2, -0.15) is 0 Å². The van der Waals surface area contributed by atoms with Gasteiger partial charge in [0.05, 0.1) is 11.3 Å². The van der Waals surface area contributed by atoms with Crippen molar-refractivity contribution in [1.82, 2.24) is 14.9 Å². The molecule has 0 atom stereocenters. The average Bonchev–Trinajstić information content (AvgIpc) is 3.15. The van der Waals surface area contributed by atoms with Crippen LogP contribution in [0, 0.1) is 0 Å². The molecule has 2 aromatic rings. The SMILES string of the molecule is CN(CCC1(O)CCCC1)Cc1ccc2cc[nH]c2n1.O=CO. The molecule has 1 aliphatic rings. The van der Waals surface area contributed by atoms with Gasteiger partial charge in [-0.25, -0.2) is 4.98 Å². The first-order valence-corrected chi connectivity index (χ1v) is 7.98. The molecule has 126 valence electrons. The third-order valence-electron chi connectivity index (χ3n) is 4.39. The van der Waals surface area contributed by atoms with Crippen LogP contribution in [0.4, 0.5) is 0 Å². The number of aliphatic hydroxyl groups is 1. The van der Waals surface area contributed by atoms with E-state index in [1.165, 1.54) is 12.8 Å². The molecule has 6 heteroatoms. The number of fused-ring (bicyclic) bond motifs is 1. The molecule has 0 radical (unpaired) electrons. The van der Waals surface area contributed by atoms with E-state index in [0.29, 0.717) is 0 Å². The highest BCUT2D eigenvalue weighted by molar-refractivity contribution is 5.75. The topological polar surface area (TPSA) is 89.5 Å². The molecule has 1 saturated carbocycles. The van der Waals surface area contributed by atoms with Gasteiger partial charge in [-0.15, -0.1) is 0 Å². The highest BCUT2D eigenvalue weighted by atomic mass is 16.3. The van der Waals surface area contributed by atoms with E-state index in [1.54, 1.807) is 0 Å². The van der Waals surface area contributed by atoms with Crippen molar-refractivity contribution in [2.45, 2.75) is 44.2 Å². The average molecular weight is 319 g/mol. The van der Waals surface area contributed by atoms with Crippen molar-refractivity contribution in [2.75, 3.05) is 13.6 Å². The molecule has 23 heavy (non-hydrogen) atoms. The lowest BCUT2D eigenvalue weighted by molar-refractivity contribution is -0.122. The van der Waals surface area contributed by atoms with Gasteiger partial charge < -0.3 is 20.1 Å². The Balaban J connectivity index is 0.000000595. The van der Waals surface area contributed by atoms with Crippen LogP contribution in [0.15, 0.2) is 24.4 Å². The number of hydrogen-bond donors (Lipinski definition) is 3. The largest absolute Gasteiger partial charge is 0.483 e. The van der Waals surface area contributed by atoms with Crippen molar-refractivity contribution in [3.63, 3.8) is 0 Å². The molecule has 0 spiro atoms. The smallest absolute Gasteiger partial charge is 0.290 e. The van der Waals surface area contributed by atoms with E-state index in [1.807, 2.05) is 12.3 Å². The predicted molar refractivity (Wildman–Crippen MR) is 89.2 cm³/mol. The first kappa shape index (κ1) is 17.4. The summed E-state index contributed by atoms with van der Waals surface area (Å²) in [6.07, 6.45) is 7.06. The van der Waals surface area contributed by atoms with Crippen LogP contribution >= 0.6 is 0 Å². The van der Waals surface area contributed by atoms with Crippen molar-refractivity contribution < 1.29 is 15.0 Å². The molecule has 0 aliphatic heterocycles. The van der Waals surface area contributed by atoms with Crippen molar-refractivity contribution in [3.05, 3.63) is 30.1 Å². The van der Waals surface area contributed by atoms with Gasteiger partial charge in [0.1, 0.15) is 5.65 Å². The van der Waals surface area contributed by atoms with E-state index in [4.69, 9.17) is 9.90 Å². The maximum atomic E-state index is 10.4. The first-order valence-electron chi connectivity index (χ1n) is 7.98. The highest BCUT2D eigenvalue weighted by Crippen LogP contribution is 2.32. The Hall–Kier alpha value is -1.92. The van der Waals surface area contributed by atoms with E-state index < -0.39 is 5.60 Å². The zero-order chi connectivity index (χ0) is 16.7. The zero-order valence-electron chi connectivity index (χ0n) is 13.5. The lowest BCUT2D eigenvalue weighted by Gasteiger charge is -2.25. The van der Waals surface area contributed by atoms with Gasteiger partial charge in [-0.3, -0.25) is 4.79 Å². The van der Waals surface area contributed by atoms with Crippen LogP contribution in [-0.2, 0) is 11.3 Å². The standard InChI is InChI=1S/C16H23N3O.CH2O2/c1-19(11-9-16(20)7-2-3-8-16)12-14-5-4-13-6-10-17-15(13)18-14;2-1-3/h4-6,10,20H,2-3,7-9,11-12H2,1H3,(H,17,18);1H,(H,2,3). The van der Waals surface area contributed by atoms with Gasteiger partial charge in [-0.05, 0) is 44.5 Å². The molecule has 3 N–H and O–H groups in total. The molecule has 2 aromatic heterocycles. The Bertz CT molecular complexity index is 620. The van der Waals surface area contributed by atoms with Crippen molar-refractivity contribution >= 4 is 17.5 Å². The Kier molecular flexibility index (Phi) is 6.12. The molecule has 0 bridgehead atoms. The van der Waals surface area contributed by atoms with E-state index in [2.05, 4.69) is 34.0 Å². The quantitative estimate of drug-likeness (QED) is 0.736. The minimum absolute atomic E-state index is 0.250. The summed E-state index contributed by atoms with van der Waals surface area (Å²) in [7, 11) is 2.10. The fourth-order valence-corrected chi connectivity index (χ4v) is 3.10. The second kappa shape index (κ2) is 8.08. The lowest BCUT2D eigenvalue weighted by atomic mass is 9.98. The summed E-state index contributed by atoms with van der Waals surface area (Å²) in [5.41, 5.74) is 1.61. The van der Waals surface area contributed by atoms with Crippen LogP contribution in [-0.4, -0.2) is 50.7 Å². The van der Waals surface area contributed by atoms with Crippen LogP contribution in [0.3, 0.4) is 0 Å². The van der Waals surface area contributed by atoms with Crippen LogP contribution in [0.1, 0.15) is 37.8 Å². The second-order valence-corrected chi connectivity index (χ2v) is 6.24. The molecule has 0 saturated heterocycles. The fraction of sp³-hybridized carbons (Fsp3) is 0.529. The molecule has 1 fully saturated rings. The number of carboxylic acid groups (broad SMARTS) is 1. The minimum atomic E-state index is -0.412. The summed E-state index contributed by atoms with van der Waals surface area (Å²) in [6.45, 7) is 1.49. The van der Waals surface area contributed by atoms with Crippen LogP contribution < -0.4 is 0 Å². The number of H-pyrrole nitrogens is 1. The number of aromatic amines is 1. The molecule has 6 nitrogen and oxygen atoms in total. The van der Waals surface area contributed by atoms with Gasteiger partial charge in [0.2, 0.25) is 0 Å². The first-order chi connectivity index (χ1) is 11.1. The van der Waals surface area contributed by atoms with E-state index in [9.17, 15) is 5.11 Å². The molecular weight excluding hydrogens is 294 g/mol. The lowest BCUT2D eigenvalue weighted by Crippen LogP contribution is -2.31. The van der Waals surface area contributed by atoms with Gasteiger partial charge >= 0.3 is 0 Å². The van der Waals surface area contributed by atoms with Crippen LogP contribution in [0.25, 0.3) is 11.0 Å². The molecule has 0 amide bonds. The molecular formula is C17H25N3O3. The molecule has 1 aliphatic carbocycles. The van der Waals surface area contributed by atoms with Gasteiger partial charge in [0.15, 0.2) is 0 Å². The summed E-state index contributed by atoms with van der Waals surface area (Å²) in [6, 6.07) is 6.22. The monoisotopic (exact) mass is 319 g/mol. The van der Waals surface area contributed by atoms with E-state index in [0.717, 1.165) is 49.1 Å². The number of carbonyl (C=O) groups is 1. The summed E-state index contributed by atoms with van der Waals surface area (Å²) < 4.78 is 0. The highest BCUT2D eigenvalue weighted by Gasteiger charge is 2.30. The van der Waals surface area contributed by atoms with E-state index in [-0.39, 0.29) is 6.47 Å². The van der Waals surface area contributed by atoms with Crippen molar-refractivity contribution in [1.29, 1.82) is 0 Å². The maximum Gasteiger partial charge on any atom is 0.290 e. The number of hydrogen-bond acceptors (Lipinski definition) is 4. The molecule has 0 aromatic carbocycles. The number of rotatable bonds is 5. The Morgan fingerprint density at radius 3 is 2.74 bits per heavy atom. The zero-order valence-corrected chi connectivity index (χ0v) is 13.5. The van der Waals surface area contributed by atoms with Gasteiger partial charge in [0.25, 0.3) is 6.47 Å².